The second-order valence-electron chi connectivity index (χ2n) is 4.98. The maximum Gasteiger partial charge on any atom is 0.333 e. The first-order valence-electron chi connectivity index (χ1n) is 6.66. The van der Waals surface area contributed by atoms with E-state index < -0.39 is 23.3 Å². The summed E-state index contributed by atoms with van der Waals surface area (Å²) in [5.41, 5.74) is -0.422. The van der Waals surface area contributed by atoms with Crippen molar-refractivity contribution in [1.82, 2.24) is 0 Å². The van der Waals surface area contributed by atoms with Crippen molar-refractivity contribution in [2.45, 2.75) is 20.8 Å². The van der Waals surface area contributed by atoms with Gasteiger partial charge in [0.2, 0.25) is 0 Å². The lowest BCUT2D eigenvalue weighted by Crippen LogP contribution is -2.36. The van der Waals surface area contributed by atoms with E-state index in [9.17, 15) is 14.4 Å². The molecule has 0 heterocycles. The summed E-state index contributed by atoms with van der Waals surface area (Å²) in [5.74, 6) is -1.71. The highest BCUT2D eigenvalue weighted by atomic mass is 16.6. The number of rotatable bonds is 9. The van der Waals surface area contributed by atoms with Gasteiger partial charge in [-0.2, -0.15) is 0 Å². The zero-order valence-electron chi connectivity index (χ0n) is 13.2. The Morgan fingerprint density at radius 1 is 0.955 bits per heavy atom. The molecule has 0 aromatic rings. The zero-order valence-corrected chi connectivity index (χ0v) is 13.2. The van der Waals surface area contributed by atoms with Crippen LogP contribution in [0.2, 0.25) is 0 Å². The van der Waals surface area contributed by atoms with Crippen molar-refractivity contribution in [2.75, 3.05) is 19.8 Å². The van der Waals surface area contributed by atoms with E-state index in [4.69, 9.17) is 14.2 Å². The third-order valence-electron chi connectivity index (χ3n) is 2.77. The van der Waals surface area contributed by atoms with Gasteiger partial charge in [0.15, 0.2) is 0 Å². The molecule has 0 unspecified atom stereocenters. The standard InChI is InChI=1S/C16H22O6/c1-6-12(4)15(19)22-11-16(5,9-20-13(17)7-2)10-21-14(18)8-3/h6-8H,2-3,9-11H2,1,4-5H3. The van der Waals surface area contributed by atoms with Gasteiger partial charge in [-0.05, 0) is 20.8 Å². The largest absolute Gasteiger partial charge is 0.462 e. The van der Waals surface area contributed by atoms with E-state index in [2.05, 4.69) is 13.2 Å². The highest BCUT2D eigenvalue weighted by Crippen LogP contribution is 2.19. The summed E-state index contributed by atoms with van der Waals surface area (Å²) >= 11 is 0. The average molecular weight is 310 g/mol. The Balaban J connectivity index is 4.78. The summed E-state index contributed by atoms with van der Waals surface area (Å²) in [5, 5.41) is 0. The van der Waals surface area contributed by atoms with E-state index in [1.165, 1.54) is 0 Å². The fourth-order valence-electron chi connectivity index (χ4n) is 1.21. The molecular formula is C16H22O6. The van der Waals surface area contributed by atoms with Crippen molar-refractivity contribution >= 4 is 17.9 Å². The molecule has 0 bridgehead atoms. The van der Waals surface area contributed by atoms with E-state index >= 15 is 0 Å². The number of carbonyl (C=O) groups is 3. The first-order chi connectivity index (χ1) is 10.3. The van der Waals surface area contributed by atoms with Gasteiger partial charge in [0.25, 0.3) is 0 Å². The topological polar surface area (TPSA) is 78.9 Å². The lowest BCUT2D eigenvalue weighted by molar-refractivity contribution is -0.154. The zero-order chi connectivity index (χ0) is 17.2. The van der Waals surface area contributed by atoms with Crippen molar-refractivity contribution in [3.05, 3.63) is 37.0 Å². The molecule has 0 spiro atoms. The van der Waals surface area contributed by atoms with Gasteiger partial charge in [0, 0.05) is 17.7 Å². The SMILES string of the molecule is C=CC(=O)OCC(C)(COC(=O)C=C)COC(=O)C(C)=CC. The highest BCUT2D eigenvalue weighted by molar-refractivity contribution is 5.87. The minimum atomic E-state index is -0.874. The average Bonchev–Trinajstić information content (AvgIpc) is 2.54. The minimum absolute atomic E-state index is 0.0775. The Morgan fingerprint density at radius 2 is 1.36 bits per heavy atom. The molecule has 0 aromatic carbocycles. The van der Waals surface area contributed by atoms with E-state index in [1.54, 1.807) is 26.8 Å². The van der Waals surface area contributed by atoms with Crippen LogP contribution in [0.15, 0.2) is 37.0 Å². The van der Waals surface area contributed by atoms with Crippen molar-refractivity contribution in [3.8, 4) is 0 Å². The number of carbonyl (C=O) groups excluding carboxylic acids is 3. The Bertz CT molecular complexity index is 451. The summed E-state index contributed by atoms with van der Waals surface area (Å²) in [6, 6.07) is 0. The smallest absolute Gasteiger partial charge is 0.333 e. The maximum atomic E-state index is 11.7. The summed E-state index contributed by atoms with van der Waals surface area (Å²) in [6.07, 6.45) is 3.66. The number of hydrogen-bond donors (Lipinski definition) is 0. The van der Waals surface area contributed by atoms with Crippen LogP contribution in [0.1, 0.15) is 20.8 Å². The van der Waals surface area contributed by atoms with Gasteiger partial charge in [0.05, 0.1) is 5.41 Å². The molecule has 0 amide bonds. The van der Waals surface area contributed by atoms with Crippen molar-refractivity contribution in [1.29, 1.82) is 0 Å². The van der Waals surface area contributed by atoms with Crippen LogP contribution >= 0.6 is 0 Å². The third kappa shape index (κ3) is 7.42. The van der Waals surface area contributed by atoms with Crippen LogP contribution in [-0.2, 0) is 28.6 Å². The Labute approximate surface area is 130 Å². The van der Waals surface area contributed by atoms with Crippen LogP contribution in [0.3, 0.4) is 0 Å². The minimum Gasteiger partial charge on any atom is -0.462 e. The lowest BCUT2D eigenvalue weighted by atomic mass is 9.94. The molecule has 0 saturated carbocycles. The number of ether oxygens (including phenoxy) is 3. The van der Waals surface area contributed by atoms with E-state index in [1.807, 2.05) is 0 Å². The predicted octanol–water partition coefficient (Wildman–Crippen LogP) is 1.96. The molecular weight excluding hydrogens is 288 g/mol. The number of hydrogen-bond acceptors (Lipinski definition) is 6. The molecule has 0 radical (unpaired) electrons. The summed E-state index contributed by atoms with van der Waals surface area (Å²) in [6.45, 7) is 11.3. The van der Waals surface area contributed by atoms with Gasteiger partial charge >= 0.3 is 17.9 Å². The maximum absolute atomic E-state index is 11.7. The van der Waals surface area contributed by atoms with E-state index in [-0.39, 0.29) is 19.8 Å². The van der Waals surface area contributed by atoms with Gasteiger partial charge in [0.1, 0.15) is 19.8 Å². The molecule has 0 aliphatic rings. The van der Waals surface area contributed by atoms with Crippen molar-refractivity contribution in [3.63, 3.8) is 0 Å². The van der Waals surface area contributed by atoms with Crippen LogP contribution in [0.4, 0.5) is 0 Å². The van der Waals surface area contributed by atoms with Gasteiger partial charge < -0.3 is 14.2 Å². The van der Waals surface area contributed by atoms with Crippen LogP contribution in [0, 0.1) is 5.41 Å². The molecule has 0 N–H and O–H groups in total. The second kappa shape index (κ2) is 9.55. The Morgan fingerprint density at radius 3 is 1.73 bits per heavy atom. The lowest BCUT2D eigenvalue weighted by Gasteiger charge is -2.27. The van der Waals surface area contributed by atoms with Crippen LogP contribution in [-0.4, -0.2) is 37.7 Å². The Hall–Kier alpha value is -2.37. The van der Waals surface area contributed by atoms with Gasteiger partial charge in [-0.3, -0.25) is 0 Å². The summed E-state index contributed by atoms with van der Waals surface area (Å²) in [7, 11) is 0. The van der Waals surface area contributed by atoms with Crippen LogP contribution < -0.4 is 0 Å². The molecule has 6 heteroatoms. The monoisotopic (exact) mass is 310 g/mol. The molecule has 0 saturated heterocycles. The fraction of sp³-hybridized carbons (Fsp3) is 0.438. The Kier molecular flexibility index (Phi) is 8.52. The fourth-order valence-corrected chi connectivity index (χ4v) is 1.21. The van der Waals surface area contributed by atoms with E-state index in [0.29, 0.717) is 5.57 Å². The van der Waals surface area contributed by atoms with Gasteiger partial charge in [-0.15, -0.1) is 0 Å². The molecule has 0 fully saturated rings. The highest BCUT2D eigenvalue weighted by Gasteiger charge is 2.30. The van der Waals surface area contributed by atoms with Crippen molar-refractivity contribution < 1.29 is 28.6 Å². The first kappa shape index (κ1) is 19.6. The number of esters is 3. The normalized spacial score (nSPS) is 11.3. The molecule has 0 rings (SSSR count). The second-order valence-corrected chi connectivity index (χ2v) is 4.98. The van der Waals surface area contributed by atoms with Gasteiger partial charge in [-0.1, -0.05) is 19.2 Å². The molecule has 122 valence electrons. The molecule has 6 nitrogen and oxygen atoms in total. The number of allylic oxidation sites excluding steroid dienone is 1. The van der Waals surface area contributed by atoms with Crippen molar-refractivity contribution in [2.24, 2.45) is 5.41 Å². The molecule has 22 heavy (non-hydrogen) atoms. The predicted molar refractivity (Wildman–Crippen MR) is 80.8 cm³/mol. The molecule has 0 atom stereocenters. The van der Waals surface area contributed by atoms with E-state index in [0.717, 1.165) is 12.2 Å². The molecule has 0 aromatic heterocycles. The molecule has 0 aliphatic heterocycles. The molecule has 0 aliphatic carbocycles. The first-order valence-corrected chi connectivity index (χ1v) is 6.66. The third-order valence-corrected chi connectivity index (χ3v) is 2.77. The summed E-state index contributed by atoms with van der Waals surface area (Å²) < 4.78 is 15.1. The van der Waals surface area contributed by atoms with Gasteiger partial charge in [-0.25, -0.2) is 14.4 Å². The van der Waals surface area contributed by atoms with Crippen LogP contribution in [0.5, 0.6) is 0 Å². The van der Waals surface area contributed by atoms with Crippen LogP contribution in [0.25, 0.3) is 0 Å². The summed E-state index contributed by atoms with van der Waals surface area (Å²) in [4.78, 5) is 34.0. The quantitative estimate of drug-likeness (QED) is 0.368.